The molecular weight excluding hydrogens is 363 g/mol. The summed E-state index contributed by atoms with van der Waals surface area (Å²) in [5, 5.41) is 19.9. The van der Waals surface area contributed by atoms with Crippen molar-refractivity contribution < 1.29 is 14.6 Å². The van der Waals surface area contributed by atoms with Crippen LogP contribution in [-0.4, -0.2) is 10.2 Å². The molecule has 0 aliphatic heterocycles. The molecule has 150 valence electrons. The number of benzene rings is 3. The number of phenolic OH excluding ortho intramolecular Hbond substituents is 2. The normalized spacial score (nSPS) is 21.0. The molecule has 4 rings (SSSR count). The zero-order valence-electron chi connectivity index (χ0n) is 16.7. The van der Waals surface area contributed by atoms with Crippen LogP contribution in [0.5, 0.6) is 11.5 Å². The Bertz CT molecular complexity index is 980. The van der Waals surface area contributed by atoms with Crippen molar-refractivity contribution in [1.29, 1.82) is 0 Å². The third kappa shape index (κ3) is 4.00. The molecule has 1 aliphatic carbocycles. The van der Waals surface area contributed by atoms with Crippen molar-refractivity contribution in [2.24, 2.45) is 5.92 Å². The van der Waals surface area contributed by atoms with Gasteiger partial charge in [0.1, 0.15) is 17.3 Å². The van der Waals surface area contributed by atoms with E-state index in [1.807, 2.05) is 36.4 Å². The summed E-state index contributed by atoms with van der Waals surface area (Å²) in [6.07, 6.45) is 3.57. The summed E-state index contributed by atoms with van der Waals surface area (Å²) in [5.74, 6) is 1.12. The Hall–Kier alpha value is -2.81. The topological polar surface area (TPSA) is 40.5 Å². The second-order valence-corrected chi connectivity index (χ2v) is 8.14. The van der Waals surface area contributed by atoms with Crippen molar-refractivity contribution >= 4 is 0 Å². The van der Waals surface area contributed by atoms with Gasteiger partial charge in [0, 0.05) is 0 Å². The van der Waals surface area contributed by atoms with Crippen molar-refractivity contribution in [3.8, 4) is 11.5 Å². The van der Waals surface area contributed by atoms with Crippen molar-refractivity contribution in [2.45, 2.75) is 44.4 Å². The first-order chi connectivity index (χ1) is 14.1. The largest absolute Gasteiger partial charge is 0.508 e. The summed E-state index contributed by atoms with van der Waals surface area (Å²) in [5.41, 5.74) is 4.29. The smallest absolute Gasteiger partial charge is 0.126 e. The highest BCUT2D eigenvalue weighted by molar-refractivity contribution is 5.44. The molecule has 2 N–H and O–H groups in total. The molecule has 3 heteroatoms. The van der Waals surface area contributed by atoms with Gasteiger partial charge in [-0.25, -0.2) is 4.39 Å². The average Bonchev–Trinajstić information content (AvgIpc) is 2.72. The van der Waals surface area contributed by atoms with Gasteiger partial charge in [0.25, 0.3) is 0 Å². The average molecular weight is 390 g/mol. The summed E-state index contributed by atoms with van der Waals surface area (Å²) in [7, 11) is 0. The minimum absolute atomic E-state index is 0.126. The fourth-order valence-electron chi connectivity index (χ4n) is 5.00. The maximum Gasteiger partial charge on any atom is 0.126 e. The number of fused-ring (bicyclic) bond motifs is 1. The first-order valence-corrected chi connectivity index (χ1v) is 10.4. The molecule has 3 aromatic rings. The molecule has 0 bridgehead atoms. The number of hydrogen-bond acceptors (Lipinski definition) is 2. The second kappa shape index (κ2) is 8.28. The van der Waals surface area contributed by atoms with E-state index in [0.717, 1.165) is 30.4 Å². The van der Waals surface area contributed by atoms with Crippen LogP contribution in [0.2, 0.25) is 0 Å². The number of aromatic hydroxyl groups is 2. The molecule has 0 amide bonds. The Balaban J connectivity index is 1.80. The van der Waals surface area contributed by atoms with Gasteiger partial charge < -0.3 is 10.2 Å². The predicted octanol–water partition coefficient (Wildman–Crippen LogP) is 6.32. The fourth-order valence-corrected chi connectivity index (χ4v) is 5.00. The predicted molar refractivity (Wildman–Crippen MR) is 114 cm³/mol. The monoisotopic (exact) mass is 390 g/mol. The van der Waals surface area contributed by atoms with Crippen molar-refractivity contribution in [1.82, 2.24) is 0 Å². The van der Waals surface area contributed by atoms with E-state index in [2.05, 4.69) is 6.92 Å². The standard InChI is InChI=1S/C26H27FO2/c1-2-5-22-23(17-8-11-20(28)12-9-17)14-18-10-13-21(29)16-24(18)25(22)15-19-6-3-4-7-26(19)27/h3-4,6-13,16,22-23,25,28-29H,2,5,14-15H2,1H3. The SMILES string of the molecule is CCCC1C(c2ccc(O)cc2)Cc2ccc(O)cc2C1Cc1ccccc1F. The number of halogens is 1. The molecule has 0 aromatic heterocycles. The fraction of sp³-hybridized carbons (Fsp3) is 0.308. The van der Waals surface area contributed by atoms with Crippen LogP contribution in [0.1, 0.15) is 53.9 Å². The van der Waals surface area contributed by atoms with Crippen molar-refractivity contribution in [3.63, 3.8) is 0 Å². The van der Waals surface area contributed by atoms with E-state index in [-0.39, 0.29) is 23.2 Å². The lowest BCUT2D eigenvalue weighted by molar-refractivity contribution is 0.297. The molecule has 0 heterocycles. The Labute approximate surface area is 171 Å². The zero-order chi connectivity index (χ0) is 20.4. The highest BCUT2D eigenvalue weighted by Gasteiger charge is 2.37. The molecule has 0 saturated carbocycles. The van der Waals surface area contributed by atoms with Crippen LogP contribution in [0.25, 0.3) is 0 Å². The van der Waals surface area contributed by atoms with E-state index < -0.39 is 0 Å². The van der Waals surface area contributed by atoms with Gasteiger partial charge >= 0.3 is 0 Å². The van der Waals surface area contributed by atoms with Gasteiger partial charge in [-0.1, -0.05) is 49.7 Å². The third-order valence-corrected chi connectivity index (χ3v) is 6.34. The van der Waals surface area contributed by atoms with Gasteiger partial charge in [0.2, 0.25) is 0 Å². The summed E-state index contributed by atoms with van der Waals surface area (Å²) < 4.78 is 14.5. The van der Waals surface area contributed by atoms with Crippen LogP contribution < -0.4 is 0 Å². The summed E-state index contributed by atoms with van der Waals surface area (Å²) in [6, 6.07) is 20.1. The molecule has 3 aromatic carbocycles. The van der Waals surface area contributed by atoms with Crippen LogP contribution in [0.3, 0.4) is 0 Å². The van der Waals surface area contributed by atoms with E-state index in [9.17, 15) is 14.6 Å². The molecule has 0 spiro atoms. The lowest BCUT2D eigenvalue weighted by atomic mass is 9.63. The van der Waals surface area contributed by atoms with E-state index in [0.29, 0.717) is 18.3 Å². The van der Waals surface area contributed by atoms with E-state index >= 15 is 0 Å². The van der Waals surface area contributed by atoms with Crippen LogP contribution in [-0.2, 0) is 12.8 Å². The van der Waals surface area contributed by atoms with E-state index in [1.165, 1.54) is 17.2 Å². The first-order valence-electron chi connectivity index (χ1n) is 10.4. The van der Waals surface area contributed by atoms with Gasteiger partial charge in [0.15, 0.2) is 0 Å². The molecule has 3 atom stereocenters. The maximum atomic E-state index is 14.5. The zero-order valence-corrected chi connectivity index (χ0v) is 16.7. The maximum absolute atomic E-state index is 14.5. The summed E-state index contributed by atoms with van der Waals surface area (Å²) in [4.78, 5) is 0. The summed E-state index contributed by atoms with van der Waals surface area (Å²) in [6.45, 7) is 2.19. The molecular formula is C26H27FO2. The Morgan fingerprint density at radius 2 is 1.66 bits per heavy atom. The van der Waals surface area contributed by atoms with Gasteiger partial charge in [0.05, 0.1) is 0 Å². The number of phenols is 2. The van der Waals surface area contributed by atoms with Crippen molar-refractivity contribution in [2.75, 3.05) is 0 Å². The molecule has 0 fully saturated rings. The van der Waals surface area contributed by atoms with Crippen LogP contribution in [0.4, 0.5) is 4.39 Å². The Kier molecular flexibility index (Phi) is 5.57. The molecule has 3 unspecified atom stereocenters. The van der Waals surface area contributed by atoms with Gasteiger partial charge in [-0.05, 0) is 89.6 Å². The molecule has 29 heavy (non-hydrogen) atoms. The van der Waals surface area contributed by atoms with Crippen LogP contribution in [0, 0.1) is 11.7 Å². The highest BCUT2D eigenvalue weighted by atomic mass is 19.1. The van der Waals surface area contributed by atoms with Crippen molar-refractivity contribution in [3.05, 3.63) is 94.8 Å². The number of rotatable bonds is 5. The first kappa shape index (κ1) is 19.5. The molecule has 0 radical (unpaired) electrons. The molecule has 0 saturated heterocycles. The minimum Gasteiger partial charge on any atom is -0.508 e. The Morgan fingerprint density at radius 3 is 2.38 bits per heavy atom. The second-order valence-electron chi connectivity index (χ2n) is 8.14. The summed E-state index contributed by atoms with van der Waals surface area (Å²) >= 11 is 0. The Morgan fingerprint density at radius 1 is 0.931 bits per heavy atom. The van der Waals surface area contributed by atoms with Gasteiger partial charge in [-0.2, -0.15) is 0 Å². The number of hydrogen-bond donors (Lipinski definition) is 2. The van der Waals surface area contributed by atoms with Gasteiger partial charge in [-0.3, -0.25) is 0 Å². The third-order valence-electron chi connectivity index (χ3n) is 6.34. The lowest BCUT2D eigenvalue weighted by Crippen LogP contribution is -2.30. The molecule has 1 aliphatic rings. The minimum atomic E-state index is -0.170. The lowest BCUT2D eigenvalue weighted by Gasteiger charge is -2.40. The van der Waals surface area contributed by atoms with Crippen LogP contribution >= 0.6 is 0 Å². The molecule has 2 nitrogen and oxygen atoms in total. The van der Waals surface area contributed by atoms with Gasteiger partial charge in [-0.15, -0.1) is 0 Å². The highest BCUT2D eigenvalue weighted by Crippen LogP contribution is 2.49. The van der Waals surface area contributed by atoms with Crippen LogP contribution in [0.15, 0.2) is 66.7 Å². The van der Waals surface area contributed by atoms with E-state index in [4.69, 9.17) is 0 Å². The van der Waals surface area contributed by atoms with E-state index in [1.54, 1.807) is 24.3 Å². The quantitative estimate of drug-likeness (QED) is 0.535.